The molecule has 1 saturated carbocycles. The summed E-state index contributed by atoms with van der Waals surface area (Å²) < 4.78 is 1.81. The van der Waals surface area contributed by atoms with Gasteiger partial charge in [0.1, 0.15) is 6.33 Å². The van der Waals surface area contributed by atoms with Crippen LogP contribution in [0.2, 0.25) is 0 Å². The fraction of sp³-hybridized carbons (Fsp3) is 0.400. The molecule has 0 atom stereocenters. The van der Waals surface area contributed by atoms with Crippen molar-refractivity contribution in [3.05, 3.63) is 41.9 Å². The zero-order chi connectivity index (χ0) is 18.8. The van der Waals surface area contributed by atoms with Crippen molar-refractivity contribution in [1.29, 1.82) is 0 Å². The van der Waals surface area contributed by atoms with Crippen LogP contribution in [0.15, 0.2) is 30.7 Å². The van der Waals surface area contributed by atoms with E-state index in [4.69, 9.17) is 0 Å². The summed E-state index contributed by atoms with van der Waals surface area (Å²) in [5.41, 5.74) is 9.75. The number of hydrogen-bond donors (Lipinski definition) is 2. The molecule has 140 valence electrons. The molecule has 27 heavy (non-hydrogen) atoms. The number of aromatic nitrogens is 4. The Morgan fingerprint density at radius 2 is 1.96 bits per heavy atom. The van der Waals surface area contributed by atoms with Gasteiger partial charge in [-0.25, -0.2) is 14.6 Å². The molecule has 0 aliphatic heterocycles. The molecule has 4 rings (SSSR count). The number of aryl methyl sites for hydroxylation is 2. The standard InChI is InChI=1S/C20H24N6O/c1-13-8-9-14(2)17(10-13)26-19-16(11-23-26)18(21-12-22-19)24-25-20(27)15-6-4-3-5-7-15/h8-12,15H,3-7H2,1-2H3,(H,25,27)(H,21,22,24). The van der Waals surface area contributed by atoms with Crippen LogP contribution < -0.4 is 10.9 Å². The number of hydrogen-bond acceptors (Lipinski definition) is 5. The Hall–Kier alpha value is -2.96. The molecule has 1 aliphatic carbocycles. The summed E-state index contributed by atoms with van der Waals surface area (Å²) in [6.45, 7) is 4.10. The number of anilines is 1. The van der Waals surface area contributed by atoms with Crippen molar-refractivity contribution in [3.63, 3.8) is 0 Å². The summed E-state index contributed by atoms with van der Waals surface area (Å²) in [7, 11) is 0. The summed E-state index contributed by atoms with van der Waals surface area (Å²) >= 11 is 0. The number of carbonyl (C=O) groups excluding carboxylic acids is 1. The van der Waals surface area contributed by atoms with Crippen LogP contribution in [-0.4, -0.2) is 25.7 Å². The number of rotatable bonds is 4. The van der Waals surface area contributed by atoms with Gasteiger partial charge in [0.15, 0.2) is 11.5 Å². The summed E-state index contributed by atoms with van der Waals surface area (Å²) in [6.07, 6.45) is 8.60. The first-order valence-electron chi connectivity index (χ1n) is 9.46. The highest BCUT2D eigenvalue weighted by Crippen LogP contribution is 2.25. The van der Waals surface area contributed by atoms with E-state index >= 15 is 0 Å². The van der Waals surface area contributed by atoms with Gasteiger partial charge in [-0.3, -0.25) is 15.6 Å². The van der Waals surface area contributed by atoms with E-state index in [0.29, 0.717) is 11.5 Å². The maximum Gasteiger partial charge on any atom is 0.241 e. The zero-order valence-electron chi connectivity index (χ0n) is 15.7. The van der Waals surface area contributed by atoms with Gasteiger partial charge in [0.25, 0.3) is 0 Å². The summed E-state index contributed by atoms with van der Waals surface area (Å²) in [5.74, 6) is 0.672. The molecule has 1 aliphatic rings. The van der Waals surface area contributed by atoms with Gasteiger partial charge in [-0.1, -0.05) is 31.4 Å². The molecule has 2 heterocycles. The van der Waals surface area contributed by atoms with Crippen molar-refractivity contribution >= 4 is 22.8 Å². The van der Waals surface area contributed by atoms with Crippen molar-refractivity contribution in [2.45, 2.75) is 46.0 Å². The summed E-state index contributed by atoms with van der Waals surface area (Å²) in [4.78, 5) is 21.1. The highest BCUT2D eigenvalue weighted by Gasteiger charge is 2.21. The molecule has 3 aromatic rings. The molecule has 0 radical (unpaired) electrons. The van der Waals surface area contributed by atoms with E-state index in [1.807, 2.05) is 11.6 Å². The quantitative estimate of drug-likeness (QED) is 0.693. The fourth-order valence-electron chi connectivity index (χ4n) is 3.66. The molecule has 0 unspecified atom stereocenters. The van der Waals surface area contributed by atoms with Gasteiger partial charge in [-0.15, -0.1) is 0 Å². The van der Waals surface area contributed by atoms with Crippen molar-refractivity contribution in [2.75, 3.05) is 5.43 Å². The maximum atomic E-state index is 12.4. The van der Waals surface area contributed by atoms with Crippen molar-refractivity contribution in [1.82, 2.24) is 25.2 Å². The van der Waals surface area contributed by atoms with Crippen LogP contribution in [0.5, 0.6) is 0 Å². The summed E-state index contributed by atoms with van der Waals surface area (Å²) in [6, 6.07) is 6.23. The zero-order valence-corrected chi connectivity index (χ0v) is 15.7. The van der Waals surface area contributed by atoms with Crippen LogP contribution in [0.1, 0.15) is 43.2 Å². The predicted octanol–water partition coefficient (Wildman–Crippen LogP) is 3.46. The van der Waals surface area contributed by atoms with E-state index < -0.39 is 0 Å². The third-order valence-corrected chi connectivity index (χ3v) is 5.24. The topological polar surface area (TPSA) is 84.7 Å². The van der Waals surface area contributed by atoms with Gasteiger partial charge in [0.05, 0.1) is 17.3 Å². The second kappa shape index (κ2) is 7.34. The van der Waals surface area contributed by atoms with Crippen molar-refractivity contribution in [2.24, 2.45) is 5.92 Å². The summed E-state index contributed by atoms with van der Waals surface area (Å²) in [5, 5.41) is 5.27. The second-order valence-electron chi connectivity index (χ2n) is 7.26. The van der Waals surface area contributed by atoms with E-state index in [-0.39, 0.29) is 11.8 Å². The molecule has 1 amide bonds. The lowest BCUT2D eigenvalue weighted by molar-refractivity contribution is -0.125. The van der Waals surface area contributed by atoms with Gasteiger partial charge in [-0.2, -0.15) is 5.10 Å². The van der Waals surface area contributed by atoms with Gasteiger partial charge < -0.3 is 0 Å². The minimum Gasteiger partial charge on any atom is -0.281 e. The Bertz CT molecular complexity index is 974. The molecular formula is C20H24N6O. The Morgan fingerprint density at radius 3 is 2.78 bits per heavy atom. The largest absolute Gasteiger partial charge is 0.281 e. The number of fused-ring (bicyclic) bond motifs is 1. The number of carbonyl (C=O) groups is 1. The average molecular weight is 364 g/mol. The van der Waals surface area contributed by atoms with Crippen LogP contribution in [0.4, 0.5) is 5.82 Å². The molecule has 2 aromatic heterocycles. The predicted molar refractivity (Wildman–Crippen MR) is 104 cm³/mol. The smallest absolute Gasteiger partial charge is 0.241 e. The Kier molecular flexibility index (Phi) is 4.75. The highest BCUT2D eigenvalue weighted by atomic mass is 16.2. The highest BCUT2D eigenvalue weighted by molar-refractivity contribution is 5.88. The first kappa shape index (κ1) is 17.5. The van der Waals surface area contributed by atoms with E-state index in [9.17, 15) is 4.79 Å². The molecule has 0 saturated heterocycles. The van der Waals surface area contributed by atoms with Gasteiger partial charge in [0, 0.05) is 5.92 Å². The van der Waals surface area contributed by atoms with Gasteiger partial charge in [-0.05, 0) is 43.9 Å². The minimum atomic E-state index is 0.0309. The van der Waals surface area contributed by atoms with Gasteiger partial charge >= 0.3 is 0 Å². The van der Waals surface area contributed by atoms with E-state index in [0.717, 1.165) is 47.9 Å². The lowest BCUT2D eigenvalue weighted by Gasteiger charge is -2.21. The molecule has 7 nitrogen and oxygen atoms in total. The lowest BCUT2D eigenvalue weighted by Crippen LogP contribution is -2.36. The lowest BCUT2D eigenvalue weighted by atomic mass is 9.89. The number of nitrogens with one attached hydrogen (secondary N) is 2. The Morgan fingerprint density at radius 1 is 1.15 bits per heavy atom. The fourth-order valence-corrected chi connectivity index (χ4v) is 3.66. The molecule has 1 fully saturated rings. The first-order valence-corrected chi connectivity index (χ1v) is 9.46. The number of benzene rings is 1. The van der Waals surface area contributed by atoms with Crippen molar-refractivity contribution in [3.8, 4) is 5.69 Å². The van der Waals surface area contributed by atoms with Crippen LogP contribution in [-0.2, 0) is 4.79 Å². The molecule has 1 aromatic carbocycles. The van der Waals surface area contributed by atoms with Crippen LogP contribution in [0, 0.1) is 19.8 Å². The number of amides is 1. The maximum absolute atomic E-state index is 12.4. The van der Waals surface area contributed by atoms with E-state index in [1.54, 1.807) is 6.20 Å². The number of nitrogens with zero attached hydrogens (tertiary/aromatic N) is 4. The third-order valence-electron chi connectivity index (χ3n) is 5.24. The van der Waals surface area contributed by atoms with Crippen LogP contribution in [0.3, 0.4) is 0 Å². The molecular weight excluding hydrogens is 340 g/mol. The van der Waals surface area contributed by atoms with Crippen molar-refractivity contribution < 1.29 is 4.79 Å². The Labute approximate surface area is 158 Å². The van der Waals surface area contributed by atoms with Crippen LogP contribution >= 0.6 is 0 Å². The van der Waals surface area contributed by atoms with Gasteiger partial charge in [0.2, 0.25) is 5.91 Å². The Balaban J connectivity index is 1.59. The molecule has 0 bridgehead atoms. The molecule has 2 N–H and O–H groups in total. The minimum absolute atomic E-state index is 0.0309. The molecule has 0 spiro atoms. The second-order valence-corrected chi connectivity index (χ2v) is 7.26. The monoisotopic (exact) mass is 364 g/mol. The van der Waals surface area contributed by atoms with E-state index in [1.165, 1.54) is 12.7 Å². The SMILES string of the molecule is Cc1ccc(C)c(-n2ncc3c(NNC(=O)C4CCCCC4)ncnc32)c1. The van der Waals surface area contributed by atoms with E-state index in [2.05, 4.69) is 51.0 Å². The molecule has 7 heteroatoms. The number of hydrazine groups is 1. The average Bonchev–Trinajstić information content (AvgIpc) is 3.13. The first-order chi connectivity index (χ1) is 13.1. The normalized spacial score (nSPS) is 15.0. The van der Waals surface area contributed by atoms with Crippen LogP contribution in [0.25, 0.3) is 16.7 Å². The third kappa shape index (κ3) is 3.49.